The van der Waals surface area contributed by atoms with E-state index in [1.54, 1.807) is 6.92 Å². The molecule has 1 saturated carbocycles. The third kappa shape index (κ3) is 2.38. The molecule has 0 spiro atoms. The Bertz CT molecular complexity index is 420. The van der Waals surface area contributed by atoms with E-state index in [2.05, 4.69) is 39.7 Å². The number of hydrogen-bond donors (Lipinski definition) is 2. The van der Waals surface area contributed by atoms with E-state index in [0.717, 1.165) is 12.8 Å². The lowest BCUT2D eigenvalue weighted by atomic mass is 9.96. The Hall–Kier alpha value is -1.43. The van der Waals surface area contributed by atoms with Crippen LogP contribution >= 0.6 is 0 Å². The number of likely N-dealkylation sites (N-methyl/N-ethyl adjacent to an activating group) is 1. The first-order valence-corrected chi connectivity index (χ1v) is 6.38. The van der Waals surface area contributed by atoms with E-state index in [4.69, 9.17) is 0 Å². The van der Waals surface area contributed by atoms with Crippen molar-refractivity contribution in [2.45, 2.75) is 38.1 Å². The molecule has 1 aromatic rings. The van der Waals surface area contributed by atoms with Crippen molar-refractivity contribution in [1.29, 1.82) is 0 Å². The summed E-state index contributed by atoms with van der Waals surface area (Å²) in [5, 5.41) is 13.2. The zero-order valence-electron chi connectivity index (χ0n) is 11.3. The van der Waals surface area contributed by atoms with Crippen LogP contribution in [0.2, 0.25) is 0 Å². The van der Waals surface area contributed by atoms with E-state index in [-0.39, 0.29) is 11.4 Å². The first-order chi connectivity index (χ1) is 8.55. The zero-order chi connectivity index (χ0) is 13.2. The molecule has 1 heterocycles. The Morgan fingerprint density at radius 2 is 2.06 bits per heavy atom. The van der Waals surface area contributed by atoms with E-state index in [9.17, 15) is 4.79 Å². The van der Waals surface area contributed by atoms with Crippen LogP contribution in [0.25, 0.3) is 0 Å². The van der Waals surface area contributed by atoms with Gasteiger partial charge in [0.05, 0.1) is 5.69 Å². The Kier molecular flexibility index (Phi) is 3.65. The monoisotopic (exact) mass is 251 g/mol. The van der Waals surface area contributed by atoms with E-state index >= 15 is 0 Å². The molecule has 0 atom stereocenters. The largest absolute Gasteiger partial charge is 0.349 e. The van der Waals surface area contributed by atoms with Crippen LogP contribution in [0.15, 0.2) is 0 Å². The maximum absolute atomic E-state index is 12.0. The number of H-pyrrole nitrogens is 1. The highest BCUT2D eigenvalue weighted by Crippen LogP contribution is 2.33. The summed E-state index contributed by atoms with van der Waals surface area (Å²) in [5.41, 5.74) is 1.13. The number of rotatable bonds is 4. The lowest BCUT2D eigenvalue weighted by Crippen LogP contribution is -2.50. The minimum atomic E-state index is -0.144. The predicted molar refractivity (Wildman–Crippen MR) is 68.3 cm³/mol. The molecule has 1 aliphatic rings. The second kappa shape index (κ2) is 5.06. The van der Waals surface area contributed by atoms with Gasteiger partial charge in [-0.15, -0.1) is 0 Å². The molecule has 6 nitrogen and oxygen atoms in total. The summed E-state index contributed by atoms with van der Waals surface area (Å²) in [4.78, 5) is 14.2. The molecule has 1 amide bonds. The molecule has 1 fully saturated rings. The van der Waals surface area contributed by atoms with Gasteiger partial charge in [-0.3, -0.25) is 4.79 Å². The molecule has 2 rings (SSSR count). The zero-order valence-corrected chi connectivity index (χ0v) is 11.3. The topological polar surface area (TPSA) is 73.9 Å². The fourth-order valence-corrected chi connectivity index (χ4v) is 2.64. The number of aromatic amines is 1. The number of carbonyl (C=O) groups excluding carboxylic acids is 1. The minimum absolute atomic E-state index is 0.104. The van der Waals surface area contributed by atoms with Crippen molar-refractivity contribution in [2.24, 2.45) is 0 Å². The lowest BCUT2D eigenvalue weighted by molar-refractivity contribution is 0.0894. The van der Waals surface area contributed by atoms with Crippen molar-refractivity contribution >= 4 is 5.91 Å². The van der Waals surface area contributed by atoms with E-state index in [0.29, 0.717) is 17.9 Å². The minimum Gasteiger partial charge on any atom is -0.349 e. The molecular weight excluding hydrogens is 230 g/mol. The maximum Gasteiger partial charge on any atom is 0.273 e. The van der Waals surface area contributed by atoms with Crippen molar-refractivity contribution in [3.05, 3.63) is 11.4 Å². The van der Waals surface area contributed by atoms with Gasteiger partial charge in [0, 0.05) is 12.1 Å². The number of nitrogens with one attached hydrogen (secondary N) is 2. The Morgan fingerprint density at radius 1 is 1.39 bits per heavy atom. The van der Waals surface area contributed by atoms with Crippen molar-refractivity contribution in [3.8, 4) is 0 Å². The molecule has 0 bridgehead atoms. The predicted octanol–water partition coefficient (Wildman–Crippen LogP) is 0.717. The third-order valence-electron chi connectivity index (χ3n) is 4.00. The number of aryl methyl sites for hydroxylation is 1. The van der Waals surface area contributed by atoms with Gasteiger partial charge in [0.2, 0.25) is 0 Å². The van der Waals surface area contributed by atoms with Gasteiger partial charge >= 0.3 is 0 Å². The molecule has 0 aliphatic heterocycles. The van der Waals surface area contributed by atoms with Gasteiger partial charge in [-0.1, -0.05) is 12.8 Å². The SMILES string of the molecule is Cc1n[nH]nc1C(=O)NCC1(N(C)C)CCCC1. The fraction of sp³-hybridized carbons (Fsp3) is 0.750. The molecule has 18 heavy (non-hydrogen) atoms. The highest BCUT2D eigenvalue weighted by molar-refractivity contribution is 5.93. The molecule has 0 radical (unpaired) electrons. The molecule has 0 unspecified atom stereocenters. The summed E-state index contributed by atoms with van der Waals surface area (Å²) in [6.45, 7) is 2.45. The Balaban J connectivity index is 1.98. The van der Waals surface area contributed by atoms with Crippen LogP contribution < -0.4 is 5.32 Å². The maximum atomic E-state index is 12.0. The summed E-state index contributed by atoms with van der Waals surface area (Å²) < 4.78 is 0. The van der Waals surface area contributed by atoms with Crippen LogP contribution in [0.1, 0.15) is 41.9 Å². The van der Waals surface area contributed by atoms with Crippen molar-refractivity contribution in [1.82, 2.24) is 25.6 Å². The second-order valence-electron chi connectivity index (χ2n) is 5.27. The van der Waals surface area contributed by atoms with Crippen LogP contribution in [-0.4, -0.2) is 52.4 Å². The van der Waals surface area contributed by atoms with Gasteiger partial charge in [-0.25, -0.2) is 0 Å². The molecule has 1 aliphatic carbocycles. The van der Waals surface area contributed by atoms with Crippen molar-refractivity contribution in [3.63, 3.8) is 0 Å². The van der Waals surface area contributed by atoms with Gasteiger partial charge in [-0.2, -0.15) is 15.4 Å². The van der Waals surface area contributed by atoms with E-state index in [1.165, 1.54) is 12.8 Å². The molecule has 100 valence electrons. The van der Waals surface area contributed by atoms with Crippen LogP contribution in [0.4, 0.5) is 0 Å². The number of carbonyl (C=O) groups is 1. The molecule has 2 N–H and O–H groups in total. The van der Waals surface area contributed by atoms with E-state index < -0.39 is 0 Å². The van der Waals surface area contributed by atoms with Crippen molar-refractivity contribution in [2.75, 3.05) is 20.6 Å². The smallest absolute Gasteiger partial charge is 0.273 e. The second-order valence-corrected chi connectivity index (χ2v) is 5.27. The van der Waals surface area contributed by atoms with Crippen LogP contribution in [0, 0.1) is 6.92 Å². The van der Waals surface area contributed by atoms with Crippen LogP contribution in [0.5, 0.6) is 0 Å². The molecular formula is C12H21N5O. The highest BCUT2D eigenvalue weighted by atomic mass is 16.2. The van der Waals surface area contributed by atoms with Gasteiger partial charge in [0.15, 0.2) is 5.69 Å². The first kappa shape index (κ1) is 13.0. The van der Waals surface area contributed by atoms with Crippen molar-refractivity contribution < 1.29 is 4.79 Å². The number of hydrogen-bond acceptors (Lipinski definition) is 4. The number of aromatic nitrogens is 3. The van der Waals surface area contributed by atoms with Gasteiger partial charge in [-0.05, 0) is 33.9 Å². The quantitative estimate of drug-likeness (QED) is 0.827. The molecule has 0 saturated heterocycles. The highest BCUT2D eigenvalue weighted by Gasteiger charge is 2.36. The summed E-state index contributed by atoms with van der Waals surface area (Å²) in [5.74, 6) is -0.144. The third-order valence-corrected chi connectivity index (χ3v) is 4.00. The van der Waals surface area contributed by atoms with E-state index in [1.807, 2.05) is 0 Å². The number of amides is 1. The summed E-state index contributed by atoms with van der Waals surface area (Å²) in [6, 6.07) is 0. The molecule has 6 heteroatoms. The van der Waals surface area contributed by atoms with Crippen LogP contribution in [0.3, 0.4) is 0 Å². The molecule has 0 aromatic carbocycles. The summed E-state index contributed by atoms with van der Waals surface area (Å²) in [6.07, 6.45) is 4.74. The number of nitrogens with zero attached hydrogens (tertiary/aromatic N) is 3. The Labute approximate surface area is 107 Å². The first-order valence-electron chi connectivity index (χ1n) is 6.38. The van der Waals surface area contributed by atoms with Gasteiger partial charge < -0.3 is 10.2 Å². The average Bonchev–Trinajstić information content (AvgIpc) is 2.95. The summed E-state index contributed by atoms with van der Waals surface area (Å²) >= 11 is 0. The molecule has 1 aromatic heterocycles. The average molecular weight is 251 g/mol. The summed E-state index contributed by atoms with van der Waals surface area (Å²) in [7, 11) is 4.16. The lowest BCUT2D eigenvalue weighted by Gasteiger charge is -2.36. The van der Waals surface area contributed by atoms with Gasteiger partial charge in [0.1, 0.15) is 0 Å². The van der Waals surface area contributed by atoms with Crippen LogP contribution in [-0.2, 0) is 0 Å². The standard InChI is InChI=1S/C12H21N5O/c1-9-10(15-16-14-9)11(18)13-8-12(17(2)3)6-4-5-7-12/h4-8H2,1-3H3,(H,13,18)(H,14,15,16). The Morgan fingerprint density at radius 3 is 2.56 bits per heavy atom. The van der Waals surface area contributed by atoms with Gasteiger partial charge in [0.25, 0.3) is 5.91 Å². The normalized spacial score (nSPS) is 18.2. The fourth-order valence-electron chi connectivity index (χ4n) is 2.64.